The number of ether oxygens (including phenoxy) is 2. The number of rotatable bonds is 10. The maximum atomic E-state index is 12.3. The third kappa shape index (κ3) is 6.27. The number of aryl methyl sites for hydroxylation is 1. The molecule has 2 atom stereocenters. The van der Waals surface area contributed by atoms with Crippen LogP contribution in [0.25, 0.3) is 0 Å². The smallest absolute Gasteiger partial charge is 0.266 e. The van der Waals surface area contributed by atoms with Crippen molar-refractivity contribution in [1.29, 1.82) is 0 Å². The summed E-state index contributed by atoms with van der Waals surface area (Å²) in [7, 11) is 0. The summed E-state index contributed by atoms with van der Waals surface area (Å²) in [6.07, 6.45) is 6.30. The van der Waals surface area contributed by atoms with Gasteiger partial charge in [-0.1, -0.05) is 0 Å². The zero-order valence-electron chi connectivity index (χ0n) is 20.2. The van der Waals surface area contributed by atoms with Crippen molar-refractivity contribution in [3.05, 3.63) is 35.2 Å². The monoisotopic (exact) mass is 472 g/mol. The molecule has 2 aliphatic heterocycles. The topological polar surface area (TPSA) is 110 Å². The average molecular weight is 473 g/mol. The second-order valence-electron chi connectivity index (χ2n) is 9.39. The summed E-state index contributed by atoms with van der Waals surface area (Å²) < 4.78 is 17.0. The van der Waals surface area contributed by atoms with Gasteiger partial charge in [-0.25, -0.2) is 0 Å². The molecule has 2 aromatic rings. The Morgan fingerprint density at radius 3 is 2.85 bits per heavy atom. The van der Waals surface area contributed by atoms with Gasteiger partial charge in [-0.15, -0.1) is 0 Å². The van der Waals surface area contributed by atoms with Crippen molar-refractivity contribution in [3.8, 4) is 5.75 Å². The van der Waals surface area contributed by atoms with Gasteiger partial charge in [0, 0.05) is 31.3 Å². The number of hydrogen-bond donors (Lipinski definition) is 2. The van der Waals surface area contributed by atoms with Gasteiger partial charge < -0.3 is 29.3 Å². The molecule has 0 spiro atoms. The van der Waals surface area contributed by atoms with Crippen molar-refractivity contribution in [2.45, 2.75) is 64.5 Å². The van der Waals surface area contributed by atoms with E-state index in [4.69, 9.17) is 19.1 Å². The second kappa shape index (κ2) is 11.7. The summed E-state index contributed by atoms with van der Waals surface area (Å²) >= 11 is 0. The van der Waals surface area contributed by atoms with Crippen molar-refractivity contribution in [2.24, 2.45) is 5.92 Å². The highest BCUT2D eigenvalue weighted by Crippen LogP contribution is 2.30. The highest BCUT2D eigenvalue weighted by atomic mass is 16.5. The Balaban J connectivity index is 1.15. The van der Waals surface area contributed by atoms with Crippen LogP contribution < -0.4 is 15.0 Å². The van der Waals surface area contributed by atoms with Crippen molar-refractivity contribution < 1.29 is 23.9 Å². The molecule has 0 saturated carbocycles. The number of aliphatic hydroxyl groups excluding tert-OH is 1. The molecule has 1 aromatic heterocycles. The number of anilines is 1. The largest absolute Gasteiger partial charge is 0.494 e. The standard InChI is InChI=1S/C25H36N4O5/c1-17-15-20(7-8-21(17)23(31)26-18(2)16-30)32-13-3-5-19-9-11-29(12-10-19)25-27-24(34-28-25)22-6-4-14-33-22/h7-8,15,18-19,22,30H,3-6,9-14,16H2,1-2H3,(H,26,31)/t18-,22-/m1/s1. The summed E-state index contributed by atoms with van der Waals surface area (Å²) in [4.78, 5) is 19.0. The molecule has 0 radical (unpaired) electrons. The summed E-state index contributed by atoms with van der Waals surface area (Å²) in [6.45, 7) is 6.88. The van der Waals surface area contributed by atoms with Crippen LogP contribution in [-0.4, -0.2) is 60.1 Å². The van der Waals surface area contributed by atoms with Crippen LogP contribution in [0.5, 0.6) is 5.75 Å². The quantitative estimate of drug-likeness (QED) is 0.506. The Labute approximate surface area is 200 Å². The number of carbonyl (C=O) groups excluding carboxylic acids is 1. The SMILES string of the molecule is Cc1cc(OCCCC2CCN(c3noc([C@H]4CCCO4)n3)CC2)ccc1C(=O)N[C@H](C)CO. The van der Waals surface area contributed by atoms with Gasteiger partial charge in [0.05, 0.1) is 13.2 Å². The van der Waals surface area contributed by atoms with Crippen molar-refractivity contribution in [2.75, 3.05) is 37.8 Å². The molecule has 1 aromatic carbocycles. The Kier molecular flexibility index (Phi) is 8.39. The Bertz CT molecular complexity index is 935. The summed E-state index contributed by atoms with van der Waals surface area (Å²) in [5.74, 6) is 2.56. The molecule has 186 valence electrons. The third-order valence-electron chi connectivity index (χ3n) is 6.65. The number of aromatic nitrogens is 2. The van der Waals surface area contributed by atoms with E-state index in [0.717, 1.165) is 69.5 Å². The molecule has 9 heteroatoms. The molecule has 4 rings (SSSR count). The van der Waals surface area contributed by atoms with Crippen LogP contribution in [0.3, 0.4) is 0 Å². The molecule has 3 heterocycles. The molecule has 0 unspecified atom stereocenters. The number of aliphatic hydroxyl groups is 1. The number of amides is 1. The van der Waals surface area contributed by atoms with E-state index in [2.05, 4.69) is 20.4 Å². The van der Waals surface area contributed by atoms with E-state index >= 15 is 0 Å². The lowest BCUT2D eigenvalue weighted by Crippen LogP contribution is -2.35. The van der Waals surface area contributed by atoms with Crippen LogP contribution in [0.15, 0.2) is 22.7 Å². The molecule has 2 fully saturated rings. The Morgan fingerprint density at radius 1 is 1.32 bits per heavy atom. The van der Waals surface area contributed by atoms with Gasteiger partial charge in [0.15, 0.2) is 0 Å². The third-order valence-corrected chi connectivity index (χ3v) is 6.65. The van der Waals surface area contributed by atoms with Crippen LogP contribution in [-0.2, 0) is 4.74 Å². The molecular weight excluding hydrogens is 436 g/mol. The van der Waals surface area contributed by atoms with Crippen molar-refractivity contribution in [3.63, 3.8) is 0 Å². The molecule has 2 saturated heterocycles. The molecule has 0 aliphatic carbocycles. The van der Waals surface area contributed by atoms with Gasteiger partial charge >= 0.3 is 0 Å². The first-order valence-electron chi connectivity index (χ1n) is 12.4. The lowest BCUT2D eigenvalue weighted by Gasteiger charge is -2.30. The molecule has 0 bridgehead atoms. The zero-order valence-corrected chi connectivity index (χ0v) is 20.2. The predicted octanol–water partition coefficient (Wildman–Crippen LogP) is 3.42. The van der Waals surface area contributed by atoms with Crippen LogP contribution in [0.1, 0.15) is 73.4 Å². The number of nitrogens with one attached hydrogen (secondary N) is 1. The first-order valence-corrected chi connectivity index (χ1v) is 12.4. The molecule has 9 nitrogen and oxygen atoms in total. The zero-order chi connectivity index (χ0) is 23.9. The summed E-state index contributed by atoms with van der Waals surface area (Å²) in [5, 5.41) is 16.0. The molecule has 1 amide bonds. The molecular formula is C25H36N4O5. The number of nitrogens with zero attached hydrogens (tertiary/aromatic N) is 3. The van der Waals surface area contributed by atoms with E-state index in [0.29, 0.717) is 29.9 Å². The fraction of sp³-hybridized carbons (Fsp3) is 0.640. The number of benzene rings is 1. The van der Waals surface area contributed by atoms with Gasteiger partial charge in [0.25, 0.3) is 17.7 Å². The minimum Gasteiger partial charge on any atom is -0.494 e. The normalized spacial score (nSPS) is 19.9. The molecule has 34 heavy (non-hydrogen) atoms. The first-order chi connectivity index (χ1) is 16.5. The number of carbonyl (C=O) groups is 1. The second-order valence-corrected chi connectivity index (χ2v) is 9.39. The summed E-state index contributed by atoms with van der Waals surface area (Å²) in [5.41, 5.74) is 1.46. The Morgan fingerprint density at radius 2 is 2.15 bits per heavy atom. The highest BCUT2D eigenvalue weighted by Gasteiger charge is 2.27. The van der Waals surface area contributed by atoms with Gasteiger partial charge in [-0.3, -0.25) is 4.79 Å². The van der Waals surface area contributed by atoms with E-state index in [1.165, 1.54) is 0 Å². The van der Waals surface area contributed by atoms with Crippen LogP contribution in [0.4, 0.5) is 5.95 Å². The maximum absolute atomic E-state index is 12.3. The van der Waals surface area contributed by atoms with Gasteiger partial charge in [-0.2, -0.15) is 4.98 Å². The lowest BCUT2D eigenvalue weighted by molar-refractivity contribution is 0.0835. The number of hydrogen-bond acceptors (Lipinski definition) is 8. The predicted molar refractivity (Wildman–Crippen MR) is 127 cm³/mol. The highest BCUT2D eigenvalue weighted by molar-refractivity contribution is 5.95. The minimum absolute atomic E-state index is 0.0362. The van der Waals surface area contributed by atoms with Crippen molar-refractivity contribution >= 4 is 11.9 Å². The van der Waals surface area contributed by atoms with Gasteiger partial charge in [0.1, 0.15) is 11.9 Å². The van der Waals surface area contributed by atoms with Crippen molar-refractivity contribution in [1.82, 2.24) is 15.5 Å². The van der Waals surface area contributed by atoms with E-state index in [1.54, 1.807) is 13.0 Å². The van der Waals surface area contributed by atoms with E-state index in [-0.39, 0.29) is 24.7 Å². The summed E-state index contributed by atoms with van der Waals surface area (Å²) in [6, 6.07) is 5.24. The average Bonchev–Trinajstić information content (AvgIpc) is 3.54. The van der Waals surface area contributed by atoms with Gasteiger partial charge in [-0.05, 0) is 87.2 Å². The van der Waals surface area contributed by atoms with Crippen LogP contribution in [0, 0.1) is 12.8 Å². The van der Waals surface area contributed by atoms with E-state index < -0.39 is 0 Å². The van der Waals surface area contributed by atoms with E-state index in [1.807, 2.05) is 19.1 Å². The fourth-order valence-electron chi connectivity index (χ4n) is 4.57. The Hall–Kier alpha value is -2.65. The van der Waals surface area contributed by atoms with Crippen LogP contribution >= 0.6 is 0 Å². The van der Waals surface area contributed by atoms with E-state index in [9.17, 15) is 4.79 Å². The van der Waals surface area contributed by atoms with Crippen LogP contribution in [0.2, 0.25) is 0 Å². The molecule has 2 N–H and O–H groups in total. The minimum atomic E-state index is -0.272. The molecule has 2 aliphatic rings. The fourth-order valence-corrected chi connectivity index (χ4v) is 4.57. The first kappa shape index (κ1) is 24.5. The lowest BCUT2D eigenvalue weighted by atomic mass is 9.92. The maximum Gasteiger partial charge on any atom is 0.266 e. The van der Waals surface area contributed by atoms with Gasteiger partial charge in [0.2, 0.25) is 0 Å². The number of piperidine rings is 1.